The van der Waals surface area contributed by atoms with Gasteiger partial charge in [0.05, 0.1) is 12.9 Å². The number of aryl methyl sites for hydroxylation is 1. The van der Waals surface area contributed by atoms with E-state index in [-0.39, 0.29) is 11.7 Å². The predicted octanol–water partition coefficient (Wildman–Crippen LogP) is 1.59. The van der Waals surface area contributed by atoms with E-state index in [1.807, 2.05) is 19.1 Å². The van der Waals surface area contributed by atoms with E-state index in [0.29, 0.717) is 6.54 Å². The summed E-state index contributed by atoms with van der Waals surface area (Å²) in [6, 6.07) is 6.04. The molecule has 16 heavy (non-hydrogen) atoms. The molecule has 0 heterocycles. The smallest absolute Gasteiger partial charge is 0.229 e. The Hall–Kier alpha value is -1.16. The van der Waals surface area contributed by atoms with Gasteiger partial charge in [-0.15, -0.1) is 0 Å². The third-order valence-corrected chi connectivity index (χ3v) is 2.63. The van der Waals surface area contributed by atoms with E-state index in [9.17, 15) is 4.79 Å². The summed E-state index contributed by atoms with van der Waals surface area (Å²) in [5, 5.41) is 2.78. The first kappa shape index (κ1) is 12.9. The van der Waals surface area contributed by atoms with Gasteiger partial charge in [-0.05, 0) is 30.5 Å². The largest absolute Gasteiger partial charge is 0.496 e. The van der Waals surface area contributed by atoms with E-state index < -0.39 is 0 Å². The van der Waals surface area contributed by atoms with Crippen molar-refractivity contribution in [1.29, 1.82) is 0 Å². The number of methoxy groups -OCH3 is 1. The maximum absolute atomic E-state index is 11.0. The molecule has 0 fully saturated rings. The zero-order chi connectivity index (χ0) is 12.0. The van der Waals surface area contributed by atoms with Gasteiger partial charge in [0.25, 0.3) is 0 Å². The standard InChI is InChI=1S/C12H17NO2S/c1-9-7-10(3-4-11(9)15-2)5-6-13-12(14)8-16/h3-4,7,16H,5-6,8H2,1-2H3,(H,13,14). The highest BCUT2D eigenvalue weighted by Gasteiger charge is 2.01. The van der Waals surface area contributed by atoms with Crippen molar-refractivity contribution in [1.82, 2.24) is 5.32 Å². The van der Waals surface area contributed by atoms with Crippen LogP contribution in [0.25, 0.3) is 0 Å². The molecule has 0 radical (unpaired) electrons. The normalized spacial score (nSPS) is 9.94. The first-order valence-electron chi connectivity index (χ1n) is 5.18. The molecule has 0 unspecified atom stereocenters. The Morgan fingerprint density at radius 2 is 2.25 bits per heavy atom. The number of rotatable bonds is 5. The molecule has 0 aliphatic carbocycles. The molecule has 3 nitrogen and oxygen atoms in total. The van der Waals surface area contributed by atoms with Gasteiger partial charge in [0.2, 0.25) is 5.91 Å². The van der Waals surface area contributed by atoms with Crippen LogP contribution in [0, 0.1) is 6.92 Å². The molecular formula is C12H17NO2S. The second-order valence-electron chi connectivity index (χ2n) is 3.56. The van der Waals surface area contributed by atoms with Gasteiger partial charge in [-0.1, -0.05) is 12.1 Å². The van der Waals surface area contributed by atoms with E-state index in [0.717, 1.165) is 17.7 Å². The summed E-state index contributed by atoms with van der Waals surface area (Å²) in [4.78, 5) is 11.0. The van der Waals surface area contributed by atoms with Crippen LogP contribution < -0.4 is 10.1 Å². The quantitative estimate of drug-likeness (QED) is 0.766. The Bertz CT molecular complexity index is 366. The summed E-state index contributed by atoms with van der Waals surface area (Å²) < 4.78 is 5.18. The number of hydrogen-bond donors (Lipinski definition) is 2. The fraction of sp³-hybridized carbons (Fsp3) is 0.417. The Labute approximate surface area is 102 Å². The van der Waals surface area contributed by atoms with Crippen LogP contribution in [0.15, 0.2) is 18.2 Å². The van der Waals surface area contributed by atoms with Crippen molar-refractivity contribution in [3.8, 4) is 5.75 Å². The van der Waals surface area contributed by atoms with Crippen LogP contribution in [0.2, 0.25) is 0 Å². The third kappa shape index (κ3) is 3.77. The Morgan fingerprint density at radius 1 is 1.50 bits per heavy atom. The molecule has 1 N–H and O–H groups in total. The van der Waals surface area contributed by atoms with Crippen molar-refractivity contribution >= 4 is 18.5 Å². The first-order valence-corrected chi connectivity index (χ1v) is 5.81. The van der Waals surface area contributed by atoms with Gasteiger partial charge in [-0.2, -0.15) is 12.6 Å². The van der Waals surface area contributed by atoms with Crippen LogP contribution in [0.1, 0.15) is 11.1 Å². The first-order chi connectivity index (χ1) is 7.67. The zero-order valence-corrected chi connectivity index (χ0v) is 10.5. The van der Waals surface area contributed by atoms with Crippen LogP contribution in [-0.4, -0.2) is 25.3 Å². The van der Waals surface area contributed by atoms with Gasteiger partial charge in [0.1, 0.15) is 5.75 Å². The molecule has 1 rings (SSSR count). The fourth-order valence-corrected chi connectivity index (χ4v) is 1.61. The molecule has 0 aromatic heterocycles. The van der Waals surface area contributed by atoms with Crippen molar-refractivity contribution in [3.63, 3.8) is 0 Å². The predicted molar refractivity (Wildman–Crippen MR) is 68.3 cm³/mol. The van der Waals surface area contributed by atoms with Gasteiger partial charge in [-0.3, -0.25) is 4.79 Å². The average molecular weight is 239 g/mol. The minimum atomic E-state index is -0.0337. The lowest BCUT2D eigenvalue weighted by Crippen LogP contribution is -2.26. The van der Waals surface area contributed by atoms with E-state index >= 15 is 0 Å². The van der Waals surface area contributed by atoms with Crippen LogP contribution >= 0.6 is 12.6 Å². The summed E-state index contributed by atoms with van der Waals surface area (Å²) in [6.45, 7) is 2.65. The lowest BCUT2D eigenvalue weighted by molar-refractivity contribution is -0.118. The second kappa shape index (κ2) is 6.43. The number of hydrogen-bond acceptors (Lipinski definition) is 3. The number of benzene rings is 1. The lowest BCUT2D eigenvalue weighted by atomic mass is 10.1. The number of carbonyl (C=O) groups is 1. The molecule has 0 aliphatic heterocycles. The highest BCUT2D eigenvalue weighted by atomic mass is 32.1. The van der Waals surface area contributed by atoms with E-state index in [1.54, 1.807) is 7.11 Å². The molecule has 1 aromatic rings. The molecule has 0 atom stereocenters. The maximum atomic E-state index is 11.0. The maximum Gasteiger partial charge on any atom is 0.229 e. The molecule has 4 heteroatoms. The van der Waals surface area contributed by atoms with Crippen molar-refractivity contribution in [2.45, 2.75) is 13.3 Å². The monoisotopic (exact) mass is 239 g/mol. The number of carbonyl (C=O) groups excluding carboxylic acids is 1. The van der Waals surface area contributed by atoms with Gasteiger partial charge >= 0.3 is 0 Å². The summed E-state index contributed by atoms with van der Waals surface area (Å²) in [5.74, 6) is 1.10. The molecule has 1 aromatic carbocycles. The van der Waals surface area contributed by atoms with E-state index in [2.05, 4.69) is 24.0 Å². The number of nitrogens with one attached hydrogen (secondary N) is 1. The minimum absolute atomic E-state index is 0.0337. The molecule has 0 spiro atoms. The second-order valence-corrected chi connectivity index (χ2v) is 3.88. The Morgan fingerprint density at radius 3 is 2.81 bits per heavy atom. The summed E-state index contributed by atoms with van der Waals surface area (Å²) in [6.07, 6.45) is 0.824. The van der Waals surface area contributed by atoms with Gasteiger partial charge in [0.15, 0.2) is 0 Å². The van der Waals surface area contributed by atoms with Gasteiger partial charge < -0.3 is 10.1 Å². The van der Waals surface area contributed by atoms with Crippen LogP contribution in [0.3, 0.4) is 0 Å². The van der Waals surface area contributed by atoms with Crippen molar-refractivity contribution in [3.05, 3.63) is 29.3 Å². The average Bonchev–Trinajstić information content (AvgIpc) is 2.29. The van der Waals surface area contributed by atoms with Crippen molar-refractivity contribution in [2.75, 3.05) is 19.4 Å². The van der Waals surface area contributed by atoms with E-state index in [1.165, 1.54) is 5.56 Å². The van der Waals surface area contributed by atoms with Crippen LogP contribution in [-0.2, 0) is 11.2 Å². The number of amides is 1. The molecule has 1 amide bonds. The van der Waals surface area contributed by atoms with Crippen LogP contribution in [0.4, 0.5) is 0 Å². The Kier molecular flexibility index (Phi) is 5.19. The highest BCUT2D eigenvalue weighted by Crippen LogP contribution is 2.18. The lowest BCUT2D eigenvalue weighted by Gasteiger charge is -2.07. The molecule has 0 aliphatic rings. The molecular weight excluding hydrogens is 222 g/mol. The Balaban J connectivity index is 2.49. The van der Waals surface area contributed by atoms with Crippen LogP contribution in [0.5, 0.6) is 5.75 Å². The molecule has 0 bridgehead atoms. The third-order valence-electron chi connectivity index (χ3n) is 2.34. The van der Waals surface area contributed by atoms with Crippen molar-refractivity contribution in [2.24, 2.45) is 0 Å². The number of thiol groups is 1. The number of ether oxygens (including phenoxy) is 1. The topological polar surface area (TPSA) is 38.3 Å². The van der Waals surface area contributed by atoms with E-state index in [4.69, 9.17) is 4.74 Å². The minimum Gasteiger partial charge on any atom is -0.496 e. The van der Waals surface area contributed by atoms with Gasteiger partial charge in [0, 0.05) is 6.54 Å². The fourth-order valence-electron chi connectivity index (χ4n) is 1.50. The highest BCUT2D eigenvalue weighted by molar-refractivity contribution is 7.81. The molecule has 88 valence electrons. The summed E-state index contributed by atoms with van der Waals surface area (Å²) >= 11 is 3.89. The zero-order valence-electron chi connectivity index (χ0n) is 9.62. The molecule has 0 saturated heterocycles. The summed E-state index contributed by atoms with van der Waals surface area (Å²) in [7, 11) is 1.66. The van der Waals surface area contributed by atoms with Crippen molar-refractivity contribution < 1.29 is 9.53 Å². The summed E-state index contributed by atoms with van der Waals surface area (Å²) in [5.41, 5.74) is 2.30. The van der Waals surface area contributed by atoms with Gasteiger partial charge in [-0.25, -0.2) is 0 Å². The SMILES string of the molecule is COc1ccc(CCNC(=O)CS)cc1C. The molecule has 0 saturated carbocycles.